The lowest BCUT2D eigenvalue weighted by molar-refractivity contribution is 0.354. The zero-order valence-corrected chi connectivity index (χ0v) is 13.8. The summed E-state index contributed by atoms with van der Waals surface area (Å²) in [5, 5.41) is 0.617. The molecule has 0 amide bonds. The molecule has 1 atom stereocenters. The number of aryl methyl sites for hydroxylation is 1. The van der Waals surface area contributed by atoms with Crippen molar-refractivity contribution in [2.75, 3.05) is 14.2 Å². The van der Waals surface area contributed by atoms with Crippen LogP contribution in [0.5, 0.6) is 11.5 Å². The van der Waals surface area contributed by atoms with Crippen molar-refractivity contribution in [1.29, 1.82) is 0 Å². The minimum absolute atomic E-state index is 0.111. The van der Waals surface area contributed by atoms with Crippen molar-refractivity contribution in [1.82, 2.24) is 0 Å². The number of hydrogen-bond donors (Lipinski definition) is 0. The van der Waals surface area contributed by atoms with Crippen molar-refractivity contribution in [3.8, 4) is 11.5 Å². The normalized spacial score (nSPS) is 12.0. The standard InChI is InChI=1S/C17H18Cl2O2/c1-11-8-13(18)5-6-14(11)15(19)9-12-4-7-16(20-2)17(10-12)21-3/h4-8,10,15H,9H2,1-3H3. The summed E-state index contributed by atoms with van der Waals surface area (Å²) in [6.07, 6.45) is 0.713. The number of alkyl halides is 1. The topological polar surface area (TPSA) is 18.5 Å². The Morgan fingerprint density at radius 1 is 1.00 bits per heavy atom. The van der Waals surface area contributed by atoms with Crippen molar-refractivity contribution in [3.05, 3.63) is 58.1 Å². The first kappa shape index (κ1) is 16.0. The van der Waals surface area contributed by atoms with Crippen molar-refractivity contribution in [3.63, 3.8) is 0 Å². The Morgan fingerprint density at radius 3 is 2.33 bits per heavy atom. The Bertz CT molecular complexity index is 626. The molecular weight excluding hydrogens is 307 g/mol. The molecule has 2 aromatic rings. The Labute approximate surface area is 135 Å². The van der Waals surface area contributed by atoms with Gasteiger partial charge < -0.3 is 9.47 Å². The molecule has 0 saturated heterocycles. The second kappa shape index (κ2) is 7.06. The maximum absolute atomic E-state index is 6.55. The van der Waals surface area contributed by atoms with Crippen LogP contribution in [-0.2, 0) is 6.42 Å². The van der Waals surface area contributed by atoms with E-state index in [1.807, 2.05) is 43.3 Å². The predicted octanol–water partition coefficient (Wildman–Crippen LogP) is 5.19. The molecule has 0 aliphatic rings. The molecule has 0 fully saturated rings. The summed E-state index contributed by atoms with van der Waals surface area (Å²) in [4.78, 5) is 0. The highest BCUT2D eigenvalue weighted by molar-refractivity contribution is 6.30. The average Bonchev–Trinajstić information content (AvgIpc) is 2.46. The van der Waals surface area contributed by atoms with Gasteiger partial charge in [0, 0.05) is 5.02 Å². The van der Waals surface area contributed by atoms with Crippen LogP contribution in [0.25, 0.3) is 0 Å². The maximum atomic E-state index is 6.55. The van der Waals surface area contributed by atoms with Gasteiger partial charge >= 0.3 is 0 Å². The highest BCUT2D eigenvalue weighted by Gasteiger charge is 2.13. The molecule has 0 saturated carbocycles. The highest BCUT2D eigenvalue weighted by Crippen LogP contribution is 2.33. The van der Waals surface area contributed by atoms with E-state index >= 15 is 0 Å². The van der Waals surface area contributed by atoms with E-state index < -0.39 is 0 Å². The molecule has 0 aliphatic heterocycles. The van der Waals surface area contributed by atoms with Gasteiger partial charge in [-0.25, -0.2) is 0 Å². The third-order valence-electron chi connectivity index (χ3n) is 3.43. The predicted molar refractivity (Wildman–Crippen MR) is 88.0 cm³/mol. The van der Waals surface area contributed by atoms with E-state index in [0.717, 1.165) is 27.5 Å². The van der Waals surface area contributed by atoms with Gasteiger partial charge in [0.2, 0.25) is 0 Å². The monoisotopic (exact) mass is 324 g/mol. The van der Waals surface area contributed by atoms with Crippen LogP contribution in [0.2, 0.25) is 5.02 Å². The minimum Gasteiger partial charge on any atom is -0.493 e. The van der Waals surface area contributed by atoms with Crippen LogP contribution in [0.4, 0.5) is 0 Å². The van der Waals surface area contributed by atoms with Gasteiger partial charge in [-0.15, -0.1) is 11.6 Å². The van der Waals surface area contributed by atoms with E-state index in [9.17, 15) is 0 Å². The number of methoxy groups -OCH3 is 2. The van der Waals surface area contributed by atoms with E-state index in [1.54, 1.807) is 14.2 Å². The molecule has 1 unspecified atom stereocenters. The SMILES string of the molecule is COc1ccc(CC(Cl)c2ccc(Cl)cc2C)cc1OC. The zero-order valence-electron chi connectivity index (χ0n) is 12.3. The molecule has 21 heavy (non-hydrogen) atoms. The number of hydrogen-bond acceptors (Lipinski definition) is 2. The van der Waals surface area contributed by atoms with Gasteiger partial charge in [0.15, 0.2) is 11.5 Å². The van der Waals surface area contributed by atoms with Gasteiger partial charge in [0.05, 0.1) is 19.6 Å². The highest BCUT2D eigenvalue weighted by atomic mass is 35.5. The summed E-state index contributed by atoms with van der Waals surface area (Å²) in [5.74, 6) is 1.43. The fraction of sp³-hybridized carbons (Fsp3) is 0.294. The molecule has 0 N–H and O–H groups in total. The molecule has 0 bridgehead atoms. The summed E-state index contributed by atoms with van der Waals surface area (Å²) in [6.45, 7) is 2.02. The van der Waals surface area contributed by atoms with E-state index in [0.29, 0.717) is 12.2 Å². The van der Waals surface area contributed by atoms with E-state index in [4.69, 9.17) is 32.7 Å². The van der Waals surface area contributed by atoms with Crippen molar-refractivity contribution in [2.45, 2.75) is 18.7 Å². The molecule has 112 valence electrons. The molecule has 0 radical (unpaired) electrons. The molecule has 0 aromatic heterocycles. The molecular formula is C17H18Cl2O2. The molecule has 0 spiro atoms. The second-order valence-electron chi connectivity index (χ2n) is 4.86. The Morgan fingerprint density at radius 2 is 1.71 bits per heavy atom. The lowest BCUT2D eigenvalue weighted by Crippen LogP contribution is -1.99. The molecule has 0 aliphatic carbocycles. The second-order valence-corrected chi connectivity index (χ2v) is 5.83. The van der Waals surface area contributed by atoms with Crippen LogP contribution in [0, 0.1) is 6.92 Å². The van der Waals surface area contributed by atoms with Gasteiger partial charge in [-0.2, -0.15) is 0 Å². The summed E-state index contributed by atoms with van der Waals surface area (Å²) in [6, 6.07) is 11.6. The lowest BCUT2D eigenvalue weighted by Gasteiger charge is -2.15. The molecule has 2 aromatic carbocycles. The zero-order chi connectivity index (χ0) is 15.4. The molecule has 2 nitrogen and oxygen atoms in total. The fourth-order valence-corrected chi connectivity index (χ4v) is 2.96. The largest absolute Gasteiger partial charge is 0.493 e. The summed E-state index contributed by atoms with van der Waals surface area (Å²) < 4.78 is 10.6. The van der Waals surface area contributed by atoms with Crippen LogP contribution >= 0.6 is 23.2 Å². The van der Waals surface area contributed by atoms with Crippen LogP contribution < -0.4 is 9.47 Å². The molecule has 4 heteroatoms. The van der Waals surface area contributed by atoms with Crippen LogP contribution in [0.3, 0.4) is 0 Å². The number of halogens is 2. The van der Waals surface area contributed by atoms with Gasteiger partial charge in [0.1, 0.15) is 0 Å². The number of rotatable bonds is 5. The van der Waals surface area contributed by atoms with Gasteiger partial charge in [-0.05, 0) is 54.3 Å². The first-order valence-corrected chi connectivity index (χ1v) is 7.47. The molecule has 0 heterocycles. The fourth-order valence-electron chi connectivity index (χ4n) is 2.32. The Kier molecular flexibility index (Phi) is 5.38. The quantitative estimate of drug-likeness (QED) is 0.705. The van der Waals surface area contributed by atoms with E-state index in [2.05, 4.69) is 0 Å². The van der Waals surface area contributed by atoms with Crippen LogP contribution in [0.15, 0.2) is 36.4 Å². The first-order chi connectivity index (χ1) is 10.0. The summed E-state index contributed by atoms with van der Waals surface area (Å²) in [5.41, 5.74) is 3.29. The van der Waals surface area contributed by atoms with Crippen LogP contribution in [0.1, 0.15) is 22.1 Å². The third-order valence-corrected chi connectivity index (χ3v) is 4.06. The molecule has 2 rings (SSSR count). The third kappa shape index (κ3) is 3.84. The Balaban J connectivity index is 2.21. The van der Waals surface area contributed by atoms with E-state index in [1.165, 1.54) is 0 Å². The maximum Gasteiger partial charge on any atom is 0.160 e. The van der Waals surface area contributed by atoms with Gasteiger partial charge in [-0.1, -0.05) is 23.7 Å². The van der Waals surface area contributed by atoms with Gasteiger partial charge in [0.25, 0.3) is 0 Å². The first-order valence-electron chi connectivity index (χ1n) is 6.66. The van der Waals surface area contributed by atoms with Crippen molar-refractivity contribution < 1.29 is 9.47 Å². The van der Waals surface area contributed by atoms with Crippen molar-refractivity contribution in [2.24, 2.45) is 0 Å². The number of benzene rings is 2. The average molecular weight is 325 g/mol. The minimum atomic E-state index is -0.111. The number of ether oxygens (including phenoxy) is 2. The summed E-state index contributed by atoms with van der Waals surface area (Å²) in [7, 11) is 3.25. The smallest absolute Gasteiger partial charge is 0.160 e. The lowest BCUT2D eigenvalue weighted by atomic mass is 10.00. The summed E-state index contributed by atoms with van der Waals surface area (Å²) >= 11 is 12.5. The van der Waals surface area contributed by atoms with Crippen molar-refractivity contribution >= 4 is 23.2 Å². The Hall–Kier alpha value is -1.38. The van der Waals surface area contributed by atoms with Crippen LogP contribution in [-0.4, -0.2) is 14.2 Å². The van der Waals surface area contributed by atoms with Gasteiger partial charge in [-0.3, -0.25) is 0 Å². The van der Waals surface area contributed by atoms with E-state index in [-0.39, 0.29) is 5.38 Å².